The Morgan fingerprint density at radius 1 is 0.935 bits per heavy atom. The fourth-order valence-electron chi connectivity index (χ4n) is 2.47. The second-order valence-electron chi connectivity index (χ2n) is 6.84. The van der Waals surface area contributed by atoms with E-state index in [0.717, 1.165) is 12.1 Å². The summed E-state index contributed by atoms with van der Waals surface area (Å²) in [4.78, 5) is 44.6. The van der Waals surface area contributed by atoms with Crippen LogP contribution in [0.5, 0.6) is 0 Å². The molecule has 1 atom stereocenters. The van der Waals surface area contributed by atoms with Crippen molar-refractivity contribution in [3.8, 4) is 0 Å². The molecule has 0 heterocycles. The monoisotopic (exact) mass is 429 g/mol. The highest BCUT2D eigenvalue weighted by Crippen LogP contribution is 2.17. The normalized spacial score (nSPS) is 11.1. The van der Waals surface area contributed by atoms with Crippen LogP contribution in [0, 0.1) is 0 Å². The Morgan fingerprint density at radius 2 is 1.55 bits per heavy atom. The summed E-state index contributed by atoms with van der Waals surface area (Å²) in [5.41, 5.74) is 2.10. The number of carboxylic acids is 2. The highest BCUT2D eigenvalue weighted by molar-refractivity contribution is 6.27. The van der Waals surface area contributed by atoms with Crippen molar-refractivity contribution in [2.24, 2.45) is 0 Å². The number of carbonyl (C=O) groups excluding carboxylic acids is 2. The first kappa shape index (κ1) is 25.5. The van der Waals surface area contributed by atoms with Crippen molar-refractivity contribution in [2.75, 3.05) is 32.5 Å². The number of nitrogens with zero attached hydrogens (tertiary/aromatic N) is 1. The van der Waals surface area contributed by atoms with Crippen molar-refractivity contribution in [1.82, 2.24) is 10.2 Å². The van der Waals surface area contributed by atoms with Gasteiger partial charge < -0.3 is 25.7 Å². The second-order valence-corrected chi connectivity index (χ2v) is 6.84. The van der Waals surface area contributed by atoms with E-state index < -0.39 is 18.0 Å². The molecule has 0 aliphatic rings. The van der Waals surface area contributed by atoms with E-state index in [1.165, 1.54) is 6.92 Å². The summed E-state index contributed by atoms with van der Waals surface area (Å²) in [6.07, 6.45) is 0. The van der Waals surface area contributed by atoms with Gasteiger partial charge in [-0.05, 0) is 38.7 Å². The number of likely N-dealkylation sites (N-methyl/N-ethyl adjacent to an activating group) is 1. The first-order valence-electron chi connectivity index (χ1n) is 9.43. The van der Waals surface area contributed by atoms with Crippen LogP contribution in [-0.2, 0) is 14.4 Å². The van der Waals surface area contributed by atoms with Gasteiger partial charge in [-0.15, -0.1) is 0 Å². The molecule has 166 valence electrons. The molecule has 0 radical (unpaired) electrons. The maximum absolute atomic E-state index is 12.8. The molecular formula is C22H27N3O6. The third kappa shape index (κ3) is 9.66. The zero-order valence-corrected chi connectivity index (χ0v) is 17.7. The van der Waals surface area contributed by atoms with Crippen molar-refractivity contribution in [1.29, 1.82) is 0 Å². The molecule has 0 fully saturated rings. The number of hydrogen-bond donors (Lipinski definition) is 4. The Hall–Kier alpha value is -3.56. The Kier molecular flexibility index (Phi) is 10.6. The highest BCUT2D eigenvalue weighted by Gasteiger charge is 2.20. The van der Waals surface area contributed by atoms with E-state index in [0.29, 0.717) is 17.8 Å². The van der Waals surface area contributed by atoms with Gasteiger partial charge >= 0.3 is 11.9 Å². The second kappa shape index (κ2) is 12.9. The number of amides is 1. The van der Waals surface area contributed by atoms with Gasteiger partial charge in [-0.2, -0.15) is 0 Å². The van der Waals surface area contributed by atoms with E-state index in [-0.39, 0.29) is 11.7 Å². The van der Waals surface area contributed by atoms with Gasteiger partial charge in [0.15, 0.2) is 5.78 Å². The number of anilines is 1. The smallest absolute Gasteiger partial charge is 0.414 e. The first-order valence-corrected chi connectivity index (χ1v) is 9.43. The number of aliphatic carboxylic acids is 2. The number of ketones is 1. The number of rotatable bonds is 8. The minimum atomic E-state index is -1.82. The molecule has 0 spiro atoms. The van der Waals surface area contributed by atoms with Crippen molar-refractivity contribution in [3.05, 3.63) is 65.7 Å². The molecular weight excluding hydrogens is 402 g/mol. The van der Waals surface area contributed by atoms with Crippen LogP contribution in [0.25, 0.3) is 0 Å². The van der Waals surface area contributed by atoms with Gasteiger partial charge in [-0.1, -0.05) is 42.5 Å². The SMILES string of the molecule is CC(=O)c1cccc(NC(=O)C(NCCN(C)C)c2ccccc2)c1.O=C(O)C(=O)O. The largest absolute Gasteiger partial charge is 0.473 e. The standard InChI is InChI=1S/C20H25N3O2.C2H2O4/c1-15(24)17-10-7-11-18(14-17)22-20(25)19(21-12-13-23(2)3)16-8-5-4-6-9-16;3-1(4)2(5)6/h4-11,14,19,21H,12-13H2,1-3H3,(H,22,25);(H,3,4)(H,5,6). The molecule has 2 aromatic carbocycles. The fraction of sp³-hybridized carbons (Fsp3) is 0.273. The van der Waals surface area contributed by atoms with Crippen LogP contribution in [0.4, 0.5) is 5.69 Å². The number of carbonyl (C=O) groups is 4. The first-order chi connectivity index (χ1) is 14.6. The minimum absolute atomic E-state index is 0.0279. The van der Waals surface area contributed by atoms with Crippen LogP contribution >= 0.6 is 0 Å². The Bertz CT molecular complexity index is 887. The molecule has 0 saturated heterocycles. The van der Waals surface area contributed by atoms with Crippen molar-refractivity contribution in [2.45, 2.75) is 13.0 Å². The summed E-state index contributed by atoms with van der Waals surface area (Å²) in [6, 6.07) is 16.1. The highest BCUT2D eigenvalue weighted by atomic mass is 16.4. The zero-order valence-electron chi connectivity index (χ0n) is 17.7. The molecule has 0 saturated carbocycles. The van der Waals surface area contributed by atoms with Crippen LogP contribution in [0.3, 0.4) is 0 Å². The summed E-state index contributed by atoms with van der Waals surface area (Å²) in [6.45, 7) is 3.03. The number of hydrogen-bond acceptors (Lipinski definition) is 6. The van der Waals surface area contributed by atoms with E-state index in [4.69, 9.17) is 19.8 Å². The molecule has 9 nitrogen and oxygen atoms in total. The molecule has 2 rings (SSSR count). The minimum Gasteiger partial charge on any atom is -0.473 e. The van der Waals surface area contributed by atoms with Crippen molar-refractivity contribution in [3.63, 3.8) is 0 Å². The van der Waals surface area contributed by atoms with Crippen LogP contribution in [0.15, 0.2) is 54.6 Å². The lowest BCUT2D eigenvalue weighted by Crippen LogP contribution is -2.36. The predicted molar refractivity (Wildman–Crippen MR) is 116 cm³/mol. The molecule has 1 amide bonds. The van der Waals surface area contributed by atoms with Gasteiger partial charge in [-0.25, -0.2) is 9.59 Å². The molecule has 0 aliphatic carbocycles. The average Bonchev–Trinajstić information content (AvgIpc) is 2.72. The fourth-order valence-corrected chi connectivity index (χ4v) is 2.47. The van der Waals surface area contributed by atoms with Crippen LogP contribution in [0.2, 0.25) is 0 Å². The lowest BCUT2D eigenvalue weighted by atomic mass is 10.1. The molecule has 0 bridgehead atoms. The van der Waals surface area contributed by atoms with Gasteiger partial charge in [0, 0.05) is 24.3 Å². The third-order valence-corrected chi connectivity index (χ3v) is 4.02. The third-order valence-electron chi connectivity index (χ3n) is 4.02. The number of benzene rings is 2. The van der Waals surface area contributed by atoms with Gasteiger partial charge in [0.25, 0.3) is 0 Å². The molecule has 0 aliphatic heterocycles. The number of carboxylic acid groups (broad SMARTS) is 2. The Balaban J connectivity index is 0.000000703. The molecule has 0 aromatic heterocycles. The molecule has 4 N–H and O–H groups in total. The van der Waals surface area contributed by atoms with Crippen LogP contribution < -0.4 is 10.6 Å². The predicted octanol–water partition coefficient (Wildman–Crippen LogP) is 1.88. The van der Waals surface area contributed by atoms with E-state index in [1.54, 1.807) is 24.3 Å². The lowest BCUT2D eigenvalue weighted by Gasteiger charge is -2.20. The van der Waals surface area contributed by atoms with Crippen LogP contribution in [-0.4, -0.2) is 65.9 Å². The topological polar surface area (TPSA) is 136 Å². The number of nitrogens with one attached hydrogen (secondary N) is 2. The van der Waals surface area contributed by atoms with Crippen molar-refractivity contribution < 1.29 is 29.4 Å². The maximum atomic E-state index is 12.8. The molecule has 31 heavy (non-hydrogen) atoms. The van der Waals surface area contributed by atoms with E-state index in [9.17, 15) is 9.59 Å². The summed E-state index contributed by atoms with van der Waals surface area (Å²) < 4.78 is 0. The summed E-state index contributed by atoms with van der Waals surface area (Å²) in [7, 11) is 3.99. The van der Waals surface area contributed by atoms with Crippen molar-refractivity contribution >= 4 is 29.3 Å². The van der Waals surface area contributed by atoms with Crippen LogP contribution in [0.1, 0.15) is 28.9 Å². The van der Waals surface area contributed by atoms with Gasteiger partial charge in [0.1, 0.15) is 6.04 Å². The lowest BCUT2D eigenvalue weighted by molar-refractivity contribution is -0.159. The average molecular weight is 429 g/mol. The van der Waals surface area contributed by atoms with Gasteiger partial charge in [0.2, 0.25) is 5.91 Å². The Labute approximate surface area is 180 Å². The van der Waals surface area contributed by atoms with E-state index in [2.05, 4.69) is 15.5 Å². The van der Waals surface area contributed by atoms with E-state index in [1.807, 2.05) is 44.4 Å². The van der Waals surface area contributed by atoms with E-state index >= 15 is 0 Å². The quantitative estimate of drug-likeness (QED) is 0.369. The maximum Gasteiger partial charge on any atom is 0.414 e. The molecule has 9 heteroatoms. The number of Topliss-reactive ketones (excluding diaryl/α,β-unsaturated/α-hetero) is 1. The summed E-state index contributed by atoms with van der Waals surface area (Å²) in [5.74, 6) is -3.82. The molecule has 1 unspecified atom stereocenters. The van der Waals surface area contributed by atoms with Gasteiger partial charge in [-0.3, -0.25) is 9.59 Å². The summed E-state index contributed by atoms with van der Waals surface area (Å²) >= 11 is 0. The summed E-state index contributed by atoms with van der Waals surface area (Å²) in [5, 5.41) is 21.0. The molecule has 2 aromatic rings. The zero-order chi connectivity index (χ0) is 23.4. The Morgan fingerprint density at radius 3 is 2.06 bits per heavy atom. The van der Waals surface area contributed by atoms with Gasteiger partial charge in [0.05, 0.1) is 0 Å².